The first-order valence-electron chi connectivity index (χ1n) is 6.75. The van der Waals surface area contributed by atoms with Gasteiger partial charge in [0.2, 0.25) is 5.13 Å². The number of rotatable bonds is 5. The molecule has 1 fully saturated rings. The van der Waals surface area contributed by atoms with Crippen LogP contribution in [0.5, 0.6) is 0 Å². The van der Waals surface area contributed by atoms with Crippen molar-refractivity contribution in [2.45, 2.75) is 45.1 Å². The Bertz CT molecular complexity index is 361. The molecule has 1 aromatic heterocycles. The van der Waals surface area contributed by atoms with E-state index in [0.717, 1.165) is 23.3 Å². The summed E-state index contributed by atoms with van der Waals surface area (Å²) < 4.78 is 9.45. The lowest BCUT2D eigenvalue weighted by molar-refractivity contribution is 0.201. The number of anilines is 1. The Morgan fingerprint density at radius 3 is 2.72 bits per heavy atom. The molecule has 1 heterocycles. The topological polar surface area (TPSA) is 38.2 Å². The minimum atomic E-state index is 0.643. The van der Waals surface area contributed by atoms with Gasteiger partial charge in [-0.25, -0.2) is 4.98 Å². The van der Waals surface area contributed by atoms with Crippen LogP contribution in [0.4, 0.5) is 5.13 Å². The molecule has 0 atom stereocenters. The van der Waals surface area contributed by atoms with Crippen molar-refractivity contribution in [3.8, 4) is 0 Å². The molecule has 0 radical (unpaired) electrons. The van der Waals surface area contributed by atoms with Gasteiger partial charge in [0.05, 0.1) is 6.61 Å². The highest BCUT2D eigenvalue weighted by Gasteiger charge is 2.23. The normalized spacial score (nSPS) is 24.2. The van der Waals surface area contributed by atoms with Crippen LogP contribution in [0.3, 0.4) is 0 Å². The molecule has 1 aromatic rings. The quantitative estimate of drug-likeness (QED) is 0.824. The minimum absolute atomic E-state index is 0.643. The molecule has 18 heavy (non-hydrogen) atoms. The van der Waals surface area contributed by atoms with E-state index in [1.807, 2.05) is 0 Å². The third-order valence-corrected chi connectivity index (χ3v) is 4.67. The fourth-order valence-electron chi connectivity index (χ4n) is 2.47. The van der Waals surface area contributed by atoms with Gasteiger partial charge in [-0.3, -0.25) is 0 Å². The van der Waals surface area contributed by atoms with E-state index in [-0.39, 0.29) is 0 Å². The molecule has 0 amide bonds. The lowest BCUT2D eigenvalue weighted by Gasteiger charge is -2.33. The summed E-state index contributed by atoms with van der Waals surface area (Å²) in [6.45, 7) is 3.05. The molecule has 0 aromatic carbocycles. The van der Waals surface area contributed by atoms with Crippen molar-refractivity contribution < 1.29 is 4.74 Å². The SMILES string of the molecule is COCCc1nsc(N(C)C2CCC(C)CC2)n1. The minimum Gasteiger partial charge on any atom is -0.384 e. The second-order valence-corrected chi connectivity index (χ2v) is 5.99. The van der Waals surface area contributed by atoms with Crippen molar-refractivity contribution in [1.82, 2.24) is 9.36 Å². The van der Waals surface area contributed by atoms with E-state index in [9.17, 15) is 0 Å². The summed E-state index contributed by atoms with van der Waals surface area (Å²) in [6.07, 6.45) is 6.05. The molecular weight excluding hydrogens is 246 g/mol. The zero-order chi connectivity index (χ0) is 13.0. The zero-order valence-electron chi connectivity index (χ0n) is 11.6. The van der Waals surface area contributed by atoms with Gasteiger partial charge in [-0.1, -0.05) is 6.92 Å². The maximum atomic E-state index is 5.05. The molecule has 0 N–H and O–H groups in total. The van der Waals surface area contributed by atoms with Crippen molar-refractivity contribution in [2.75, 3.05) is 25.7 Å². The van der Waals surface area contributed by atoms with Gasteiger partial charge in [-0.2, -0.15) is 4.37 Å². The average Bonchev–Trinajstić information content (AvgIpc) is 2.85. The molecule has 0 aliphatic heterocycles. The molecule has 2 rings (SSSR count). The zero-order valence-corrected chi connectivity index (χ0v) is 12.4. The molecule has 0 saturated heterocycles. The van der Waals surface area contributed by atoms with Crippen LogP contribution in [0.2, 0.25) is 0 Å². The number of nitrogens with zero attached hydrogens (tertiary/aromatic N) is 3. The summed E-state index contributed by atoms with van der Waals surface area (Å²) in [5, 5.41) is 1.06. The number of hydrogen-bond donors (Lipinski definition) is 0. The Kier molecular flexibility index (Phi) is 4.95. The highest BCUT2D eigenvalue weighted by Crippen LogP contribution is 2.29. The maximum Gasteiger partial charge on any atom is 0.205 e. The molecule has 0 spiro atoms. The smallest absolute Gasteiger partial charge is 0.205 e. The Labute approximate surface area is 114 Å². The lowest BCUT2D eigenvalue weighted by Crippen LogP contribution is -2.34. The number of ether oxygens (including phenoxy) is 1. The highest BCUT2D eigenvalue weighted by molar-refractivity contribution is 7.09. The Morgan fingerprint density at radius 2 is 2.06 bits per heavy atom. The van der Waals surface area contributed by atoms with Crippen LogP contribution in [0, 0.1) is 5.92 Å². The summed E-state index contributed by atoms with van der Waals surface area (Å²) in [7, 11) is 3.86. The molecule has 1 saturated carbocycles. The van der Waals surface area contributed by atoms with E-state index in [1.165, 1.54) is 37.2 Å². The molecule has 1 aliphatic carbocycles. The predicted molar refractivity (Wildman–Crippen MR) is 75.3 cm³/mol. The van der Waals surface area contributed by atoms with E-state index in [4.69, 9.17) is 4.74 Å². The fraction of sp³-hybridized carbons (Fsp3) is 0.846. The summed E-state index contributed by atoms with van der Waals surface area (Å²) in [6, 6.07) is 0.643. The van der Waals surface area contributed by atoms with E-state index in [0.29, 0.717) is 12.6 Å². The first kappa shape index (κ1) is 13.7. The van der Waals surface area contributed by atoms with Gasteiger partial charge < -0.3 is 9.64 Å². The number of hydrogen-bond acceptors (Lipinski definition) is 5. The van der Waals surface area contributed by atoms with Crippen molar-refractivity contribution in [3.63, 3.8) is 0 Å². The molecule has 5 heteroatoms. The van der Waals surface area contributed by atoms with Crippen LogP contribution in [0.25, 0.3) is 0 Å². The first-order chi connectivity index (χ1) is 8.70. The van der Waals surface area contributed by atoms with Crippen molar-refractivity contribution in [1.29, 1.82) is 0 Å². The highest BCUT2D eigenvalue weighted by atomic mass is 32.1. The summed E-state index contributed by atoms with van der Waals surface area (Å²) in [5.74, 6) is 1.80. The van der Waals surface area contributed by atoms with Crippen LogP contribution in [-0.4, -0.2) is 36.2 Å². The maximum absolute atomic E-state index is 5.05. The van der Waals surface area contributed by atoms with E-state index in [1.54, 1.807) is 7.11 Å². The molecule has 1 aliphatic rings. The van der Waals surface area contributed by atoms with Gasteiger partial charge in [0, 0.05) is 38.2 Å². The van der Waals surface area contributed by atoms with Crippen molar-refractivity contribution in [2.24, 2.45) is 5.92 Å². The molecule has 0 unspecified atom stereocenters. The Hall–Kier alpha value is -0.680. The Balaban J connectivity index is 1.91. The van der Waals surface area contributed by atoms with Gasteiger partial charge in [-0.05, 0) is 31.6 Å². The summed E-state index contributed by atoms with van der Waals surface area (Å²) in [5.41, 5.74) is 0. The summed E-state index contributed by atoms with van der Waals surface area (Å²) in [4.78, 5) is 6.91. The largest absolute Gasteiger partial charge is 0.384 e. The third kappa shape index (κ3) is 3.42. The summed E-state index contributed by atoms with van der Waals surface area (Å²) >= 11 is 1.51. The van der Waals surface area contributed by atoms with Crippen LogP contribution in [0.1, 0.15) is 38.4 Å². The van der Waals surface area contributed by atoms with Crippen LogP contribution < -0.4 is 4.90 Å². The van der Waals surface area contributed by atoms with Gasteiger partial charge >= 0.3 is 0 Å². The van der Waals surface area contributed by atoms with Gasteiger partial charge in [0.1, 0.15) is 5.82 Å². The standard InChI is InChI=1S/C13H23N3OS/c1-10-4-6-11(7-5-10)16(2)13-14-12(15-18-13)8-9-17-3/h10-11H,4-9H2,1-3H3. The average molecular weight is 269 g/mol. The lowest BCUT2D eigenvalue weighted by atomic mass is 9.87. The second-order valence-electron chi connectivity index (χ2n) is 5.26. The number of methoxy groups -OCH3 is 1. The van der Waals surface area contributed by atoms with Crippen LogP contribution >= 0.6 is 11.5 Å². The molecule has 102 valence electrons. The molecular formula is C13H23N3OS. The predicted octanol–water partition coefficient (Wildman–Crippen LogP) is 2.74. The van der Waals surface area contributed by atoms with Gasteiger partial charge in [-0.15, -0.1) is 0 Å². The molecule has 4 nitrogen and oxygen atoms in total. The van der Waals surface area contributed by atoms with Gasteiger partial charge in [0.25, 0.3) is 0 Å². The monoisotopic (exact) mass is 269 g/mol. The number of aromatic nitrogens is 2. The third-order valence-electron chi connectivity index (χ3n) is 3.82. The van der Waals surface area contributed by atoms with E-state index >= 15 is 0 Å². The van der Waals surface area contributed by atoms with Crippen LogP contribution in [-0.2, 0) is 11.2 Å². The molecule has 0 bridgehead atoms. The van der Waals surface area contributed by atoms with Crippen molar-refractivity contribution in [3.05, 3.63) is 5.82 Å². The Morgan fingerprint density at radius 1 is 1.33 bits per heavy atom. The second kappa shape index (κ2) is 6.48. The van der Waals surface area contributed by atoms with E-state index in [2.05, 4.69) is 28.2 Å². The van der Waals surface area contributed by atoms with Gasteiger partial charge in [0.15, 0.2) is 0 Å². The van der Waals surface area contributed by atoms with Crippen LogP contribution in [0.15, 0.2) is 0 Å². The fourth-order valence-corrected chi connectivity index (χ4v) is 3.21. The van der Waals surface area contributed by atoms with Crippen molar-refractivity contribution >= 4 is 16.7 Å². The first-order valence-corrected chi connectivity index (χ1v) is 7.52. The van der Waals surface area contributed by atoms with E-state index < -0.39 is 0 Å².